The van der Waals surface area contributed by atoms with Crippen LogP contribution in [0.2, 0.25) is 0 Å². The molecule has 1 amide bonds. The standard InChI is InChI=1S/C22H20FNO5S2/c23-18-11-5-4-7-15(18)13-24-22(25)17-10-6-12-19-21(17)20(14-30(19,26)27)31(28,29)16-8-2-1-3-9-16/h2,4-12,20H,1,3,13-14H2,(H,24,25). The minimum Gasteiger partial charge on any atom is -0.348 e. The highest BCUT2D eigenvalue weighted by atomic mass is 32.2. The topological polar surface area (TPSA) is 97.4 Å². The maximum atomic E-state index is 13.9. The van der Waals surface area contributed by atoms with E-state index >= 15 is 0 Å². The lowest BCUT2D eigenvalue weighted by Gasteiger charge is -2.17. The summed E-state index contributed by atoms with van der Waals surface area (Å²) >= 11 is 0. The van der Waals surface area contributed by atoms with Gasteiger partial charge in [-0.25, -0.2) is 21.2 Å². The average molecular weight is 462 g/mol. The normalized spacial score (nSPS) is 19.5. The van der Waals surface area contributed by atoms with Crippen LogP contribution in [0.25, 0.3) is 0 Å². The molecule has 0 saturated carbocycles. The fourth-order valence-corrected chi connectivity index (χ4v) is 8.32. The lowest BCUT2D eigenvalue weighted by atomic mass is 10.0. The third-order valence-electron chi connectivity index (χ3n) is 5.40. The van der Waals surface area contributed by atoms with E-state index < -0.39 is 42.4 Å². The van der Waals surface area contributed by atoms with E-state index in [1.807, 2.05) is 0 Å². The molecule has 31 heavy (non-hydrogen) atoms. The lowest BCUT2D eigenvalue weighted by molar-refractivity contribution is 0.0949. The van der Waals surface area contributed by atoms with Gasteiger partial charge >= 0.3 is 0 Å². The molecule has 2 aromatic rings. The number of fused-ring (bicyclic) bond motifs is 1. The molecule has 6 nitrogen and oxygen atoms in total. The van der Waals surface area contributed by atoms with Gasteiger partial charge in [-0.05, 0) is 37.1 Å². The molecule has 1 aliphatic heterocycles. The van der Waals surface area contributed by atoms with Gasteiger partial charge in [-0.15, -0.1) is 0 Å². The highest BCUT2D eigenvalue weighted by molar-refractivity contribution is 7.98. The highest BCUT2D eigenvalue weighted by Gasteiger charge is 2.45. The third-order valence-corrected chi connectivity index (χ3v) is 9.52. The van der Waals surface area contributed by atoms with Gasteiger partial charge in [0.15, 0.2) is 19.7 Å². The summed E-state index contributed by atoms with van der Waals surface area (Å²) < 4.78 is 65.8. The number of hydrogen-bond acceptors (Lipinski definition) is 5. The Bertz CT molecular complexity index is 1330. The van der Waals surface area contributed by atoms with Gasteiger partial charge in [0.1, 0.15) is 11.1 Å². The van der Waals surface area contributed by atoms with Gasteiger partial charge in [-0.3, -0.25) is 4.79 Å². The van der Waals surface area contributed by atoms with Crippen LogP contribution in [0.3, 0.4) is 0 Å². The van der Waals surface area contributed by atoms with Gasteiger partial charge < -0.3 is 5.32 Å². The number of carbonyl (C=O) groups excluding carboxylic acids is 1. The number of sulfone groups is 2. The maximum Gasteiger partial charge on any atom is 0.251 e. The number of nitrogens with one attached hydrogen (secondary N) is 1. The Morgan fingerprint density at radius 3 is 2.58 bits per heavy atom. The molecule has 2 aliphatic rings. The zero-order chi connectivity index (χ0) is 22.2. The van der Waals surface area contributed by atoms with Crippen LogP contribution in [0.1, 0.15) is 39.6 Å². The Labute approximate surface area is 180 Å². The summed E-state index contributed by atoms with van der Waals surface area (Å²) in [6.07, 6.45) is 6.03. The van der Waals surface area contributed by atoms with Gasteiger partial charge in [0.05, 0.1) is 15.6 Å². The number of hydrogen-bond donors (Lipinski definition) is 1. The molecule has 0 radical (unpaired) electrons. The van der Waals surface area contributed by atoms with Crippen molar-refractivity contribution in [3.05, 3.63) is 88.1 Å². The third kappa shape index (κ3) is 3.95. The Hall–Kier alpha value is -2.78. The predicted molar refractivity (Wildman–Crippen MR) is 114 cm³/mol. The van der Waals surface area contributed by atoms with Crippen molar-refractivity contribution in [1.29, 1.82) is 0 Å². The van der Waals surface area contributed by atoms with Gasteiger partial charge in [-0.1, -0.05) is 36.4 Å². The molecule has 1 N–H and O–H groups in total. The van der Waals surface area contributed by atoms with Crippen molar-refractivity contribution in [3.63, 3.8) is 0 Å². The number of carbonyl (C=O) groups is 1. The van der Waals surface area contributed by atoms with E-state index in [0.717, 1.165) is 0 Å². The Kier molecular flexibility index (Phi) is 5.57. The van der Waals surface area contributed by atoms with Crippen molar-refractivity contribution in [2.24, 2.45) is 0 Å². The molecule has 0 fully saturated rings. The maximum absolute atomic E-state index is 13.9. The molecule has 1 aliphatic carbocycles. The van der Waals surface area contributed by atoms with E-state index in [2.05, 4.69) is 5.32 Å². The molecule has 162 valence electrons. The average Bonchev–Trinajstić information content (AvgIpc) is 3.05. The van der Waals surface area contributed by atoms with Crippen LogP contribution in [0.4, 0.5) is 4.39 Å². The molecule has 0 saturated heterocycles. The molecular formula is C22H20FNO5S2. The van der Waals surface area contributed by atoms with Crippen molar-refractivity contribution < 1.29 is 26.0 Å². The second-order valence-corrected chi connectivity index (χ2v) is 11.5. The van der Waals surface area contributed by atoms with Gasteiger partial charge in [0.2, 0.25) is 0 Å². The van der Waals surface area contributed by atoms with E-state index in [1.54, 1.807) is 18.2 Å². The second-order valence-electron chi connectivity index (χ2n) is 7.39. The molecule has 2 aromatic carbocycles. The Balaban J connectivity index is 1.73. The van der Waals surface area contributed by atoms with Crippen molar-refractivity contribution in [2.75, 3.05) is 5.75 Å². The van der Waals surface area contributed by atoms with Crippen LogP contribution >= 0.6 is 0 Å². The summed E-state index contributed by atoms with van der Waals surface area (Å²) in [5, 5.41) is 1.19. The zero-order valence-electron chi connectivity index (χ0n) is 16.4. The minimum absolute atomic E-state index is 0.0200. The monoisotopic (exact) mass is 461 g/mol. The summed E-state index contributed by atoms with van der Waals surface area (Å²) in [6, 6.07) is 10.1. The molecular weight excluding hydrogens is 441 g/mol. The Morgan fingerprint density at radius 2 is 1.87 bits per heavy atom. The summed E-state index contributed by atoms with van der Waals surface area (Å²) in [6.45, 7) is -0.118. The molecule has 0 bridgehead atoms. The van der Waals surface area contributed by atoms with E-state index in [1.165, 1.54) is 42.5 Å². The fraction of sp³-hybridized carbons (Fsp3) is 0.227. The number of amides is 1. The van der Waals surface area contributed by atoms with E-state index in [4.69, 9.17) is 0 Å². The lowest BCUT2D eigenvalue weighted by Crippen LogP contribution is -2.26. The van der Waals surface area contributed by atoms with Gasteiger partial charge in [0.25, 0.3) is 5.91 Å². The van der Waals surface area contributed by atoms with Crippen LogP contribution in [0, 0.1) is 5.82 Å². The van der Waals surface area contributed by atoms with E-state index in [9.17, 15) is 26.0 Å². The fourth-order valence-electron chi connectivity index (χ4n) is 3.84. The van der Waals surface area contributed by atoms with Gasteiger partial charge in [0, 0.05) is 23.2 Å². The van der Waals surface area contributed by atoms with Crippen molar-refractivity contribution in [3.8, 4) is 0 Å². The number of benzene rings is 2. The van der Waals surface area contributed by atoms with Crippen LogP contribution in [-0.2, 0) is 26.2 Å². The van der Waals surface area contributed by atoms with E-state index in [0.29, 0.717) is 12.8 Å². The number of halogens is 1. The van der Waals surface area contributed by atoms with Crippen LogP contribution < -0.4 is 5.32 Å². The Morgan fingerprint density at radius 1 is 1.10 bits per heavy atom. The van der Waals surface area contributed by atoms with Crippen molar-refractivity contribution >= 4 is 25.6 Å². The first-order chi connectivity index (χ1) is 14.7. The van der Waals surface area contributed by atoms with E-state index in [-0.39, 0.29) is 33.0 Å². The number of allylic oxidation sites excluding steroid dienone is 3. The SMILES string of the molecule is O=C(NCc1ccccc1F)c1cccc2c1C(S(=O)(=O)C1=CCCC=C1)CS2(=O)=O. The molecule has 4 rings (SSSR count). The first-order valence-corrected chi connectivity index (χ1v) is 12.9. The smallest absolute Gasteiger partial charge is 0.251 e. The molecule has 1 heterocycles. The first-order valence-electron chi connectivity index (χ1n) is 9.69. The second kappa shape index (κ2) is 8.05. The summed E-state index contributed by atoms with van der Waals surface area (Å²) in [5.41, 5.74) is 0.204. The molecule has 9 heteroatoms. The summed E-state index contributed by atoms with van der Waals surface area (Å²) in [7, 11) is -7.90. The van der Waals surface area contributed by atoms with Crippen molar-refractivity contribution in [2.45, 2.75) is 29.5 Å². The van der Waals surface area contributed by atoms with Crippen LogP contribution in [0.15, 0.2) is 70.5 Å². The molecule has 1 atom stereocenters. The zero-order valence-corrected chi connectivity index (χ0v) is 18.0. The molecule has 0 spiro atoms. The first kappa shape index (κ1) is 21.5. The highest BCUT2D eigenvalue weighted by Crippen LogP contribution is 2.43. The summed E-state index contributed by atoms with van der Waals surface area (Å²) in [5.74, 6) is -1.77. The molecule has 1 unspecified atom stereocenters. The van der Waals surface area contributed by atoms with Crippen LogP contribution in [-0.4, -0.2) is 28.5 Å². The van der Waals surface area contributed by atoms with Crippen molar-refractivity contribution in [1.82, 2.24) is 5.32 Å². The quantitative estimate of drug-likeness (QED) is 0.737. The number of rotatable bonds is 5. The summed E-state index contributed by atoms with van der Waals surface area (Å²) in [4.78, 5) is 12.8. The predicted octanol–water partition coefficient (Wildman–Crippen LogP) is 3.23. The minimum atomic E-state index is -4.02. The molecule has 0 aromatic heterocycles. The largest absolute Gasteiger partial charge is 0.348 e. The van der Waals surface area contributed by atoms with Gasteiger partial charge in [-0.2, -0.15) is 0 Å². The van der Waals surface area contributed by atoms with Crippen LogP contribution in [0.5, 0.6) is 0 Å².